The Morgan fingerprint density at radius 3 is 2.25 bits per heavy atom. The van der Waals surface area contributed by atoms with E-state index in [-0.39, 0.29) is 18.7 Å². The van der Waals surface area contributed by atoms with E-state index in [0.717, 1.165) is 12.8 Å². The highest BCUT2D eigenvalue weighted by molar-refractivity contribution is 5.69. The van der Waals surface area contributed by atoms with Crippen LogP contribution in [0.5, 0.6) is 0 Å². The molecule has 0 bridgehead atoms. The molecule has 0 fully saturated rings. The first kappa shape index (κ1) is 15.4. The Morgan fingerprint density at radius 1 is 1.12 bits per heavy atom. The third-order valence-corrected chi connectivity index (χ3v) is 2.57. The fraction of sp³-hybridized carbons (Fsp3) is 0.923. The second kappa shape index (κ2) is 10.9. The number of hydrogen-bond donors (Lipinski definition) is 1. The molecule has 1 unspecified atom stereocenters. The van der Waals surface area contributed by atoms with Crippen molar-refractivity contribution in [2.24, 2.45) is 0 Å². The van der Waals surface area contributed by atoms with Crippen LogP contribution in [0.15, 0.2) is 0 Å². The maximum atomic E-state index is 11.2. The van der Waals surface area contributed by atoms with Crippen molar-refractivity contribution in [3.05, 3.63) is 0 Å². The quantitative estimate of drug-likeness (QED) is 0.463. The third kappa shape index (κ3) is 9.97. The minimum absolute atomic E-state index is 0.0945. The van der Waals surface area contributed by atoms with Crippen LogP contribution in [0.25, 0.3) is 0 Å². The zero-order valence-electron chi connectivity index (χ0n) is 10.7. The SMILES string of the molecule is CCCCCCCCCC(=O)OC(C)CO. The summed E-state index contributed by atoms with van der Waals surface area (Å²) in [6.45, 7) is 3.81. The van der Waals surface area contributed by atoms with E-state index < -0.39 is 0 Å². The first-order valence-electron chi connectivity index (χ1n) is 6.51. The molecule has 0 spiro atoms. The van der Waals surface area contributed by atoms with Gasteiger partial charge in [0.05, 0.1) is 6.61 Å². The van der Waals surface area contributed by atoms with Crippen LogP contribution in [0.1, 0.15) is 65.2 Å². The predicted octanol–water partition coefficient (Wildman–Crippen LogP) is 3.05. The van der Waals surface area contributed by atoms with Crippen LogP contribution < -0.4 is 0 Å². The van der Waals surface area contributed by atoms with Crippen LogP contribution in [0.4, 0.5) is 0 Å². The van der Waals surface area contributed by atoms with Crippen molar-refractivity contribution in [2.75, 3.05) is 6.61 Å². The molecule has 0 aliphatic heterocycles. The molecule has 0 saturated heterocycles. The maximum absolute atomic E-state index is 11.2. The molecule has 3 nitrogen and oxygen atoms in total. The van der Waals surface area contributed by atoms with Gasteiger partial charge in [0.1, 0.15) is 6.10 Å². The number of hydrogen-bond acceptors (Lipinski definition) is 3. The van der Waals surface area contributed by atoms with Crippen LogP contribution >= 0.6 is 0 Å². The molecule has 16 heavy (non-hydrogen) atoms. The zero-order chi connectivity index (χ0) is 12.2. The summed E-state index contributed by atoms with van der Waals surface area (Å²) in [4.78, 5) is 11.2. The fourth-order valence-electron chi connectivity index (χ4n) is 1.55. The van der Waals surface area contributed by atoms with Gasteiger partial charge in [-0.3, -0.25) is 4.79 Å². The summed E-state index contributed by atoms with van der Waals surface area (Å²) < 4.78 is 4.96. The predicted molar refractivity (Wildman–Crippen MR) is 65.2 cm³/mol. The molecular weight excluding hydrogens is 204 g/mol. The summed E-state index contributed by atoms with van der Waals surface area (Å²) in [5.41, 5.74) is 0. The first-order chi connectivity index (χ1) is 7.70. The van der Waals surface area contributed by atoms with Gasteiger partial charge in [0.25, 0.3) is 0 Å². The zero-order valence-corrected chi connectivity index (χ0v) is 10.7. The average molecular weight is 230 g/mol. The summed E-state index contributed by atoms with van der Waals surface area (Å²) in [6, 6.07) is 0. The number of esters is 1. The highest BCUT2D eigenvalue weighted by Gasteiger charge is 2.07. The number of ether oxygens (including phenoxy) is 1. The number of aliphatic hydroxyl groups excluding tert-OH is 1. The molecule has 0 aromatic carbocycles. The molecule has 1 N–H and O–H groups in total. The second-order valence-electron chi connectivity index (χ2n) is 4.35. The van der Waals surface area contributed by atoms with Gasteiger partial charge >= 0.3 is 5.97 Å². The number of carbonyl (C=O) groups is 1. The molecule has 0 aromatic rings. The Morgan fingerprint density at radius 2 is 1.69 bits per heavy atom. The maximum Gasteiger partial charge on any atom is 0.306 e. The number of rotatable bonds is 10. The van der Waals surface area contributed by atoms with E-state index in [4.69, 9.17) is 9.84 Å². The van der Waals surface area contributed by atoms with E-state index in [2.05, 4.69) is 6.92 Å². The molecule has 0 radical (unpaired) electrons. The Hall–Kier alpha value is -0.570. The van der Waals surface area contributed by atoms with Crippen molar-refractivity contribution in [1.29, 1.82) is 0 Å². The van der Waals surface area contributed by atoms with Crippen LogP contribution in [0.2, 0.25) is 0 Å². The minimum atomic E-state index is -0.364. The molecule has 0 amide bonds. The van der Waals surface area contributed by atoms with Crippen molar-refractivity contribution >= 4 is 5.97 Å². The van der Waals surface area contributed by atoms with E-state index in [1.54, 1.807) is 6.92 Å². The smallest absolute Gasteiger partial charge is 0.306 e. The monoisotopic (exact) mass is 230 g/mol. The van der Waals surface area contributed by atoms with Gasteiger partial charge in [-0.1, -0.05) is 45.4 Å². The van der Waals surface area contributed by atoms with E-state index in [0.29, 0.717) is 6.42 Å². The first-order valence-corrected chi connectivity index (χ1v) is 6.51. The lowest BCUT2D eigenvalue weighted by molar-refractivity contribution is -0.150. The lowest BCUT2D eigenvalue weighted by atomic mass is 10.1. The largest absolute Gasteiger partial charge is 0.460 e. The highest BCUT2D eigenvalue weighted by Crippen LogP contribution is 2.09. The summed E-state index contributed by atoms with van der Waals surface area (Å²) in [6.07, 6.45) is 8.51. The molecular formula is C13H26O3. The number of aliphatic hydroxyl groups is 1. The molecule has 3 heteroatoms. The van der Waals surface area contributed by atoms with Gasteiger partial charge in [-0.2, -0.15) is 0 Å². The molecule has 0 aliphatic rings. The number of unbranched alkanes of at least 4 members (excludes halogenated alkanes) is 6. The molecule has 0 saturated carbocycles. The Labute approximate surface area is 99.2 Å². The van der Waals surface area contributed by atoms with E-state index in [1.165, 1.54) is 32.1 Å². The standard InChI is InChI=1S/C13H26O3/c1-3-4-5-6-7-8-9-10-13(15)16-12(2)11-14/h12,14H,3-11H2,1-2H3. The molecule has 0 aliphatic carbocycles. The van der Waals surface area contributed by atoms with E-state index in [9.17, 15) is 4.79 Å². The minimum Gasteiger partial charge on any atom is -0.460 e. The van der Waals surface area contributed by atoms with Gasteiger partial charge < -0.3 is 9.84 Å². The van der Waals surface area contributed by atoms with Crippen LogP contribution in [0, 0.1) is 0 Å². The van der Waals surface area contributed by atoms with Gasteiger partial charge in [-0.05, 0) is 13.3 Å². The highest BCUT2D eigenvalue weighted by atomic mass is 16.5. The summed E-state index contributed by atoms with van der Waals surface area (Å²) in [5, 5.41) is 8.70. The van der Waals surface area contributed by atoms with Crippen LogP contribution in [0.3, 0.4) is 0 Å². The lowest BCUT2D eigenvalue weighted by Crippen LogP contribution is -2.18. The van der Waals surface area contributed by atoms with Gasteiger partial charge in [0, 0.05) is 6.42 Å². The van der Waals surface area contributed by atoms with Crippen molar-refractivity contribution in [3.63, 3.8) is 0 Å². The average Bonchev–Trinajstić information content (AvgIpc) is 2.27. The van der Waals surface area contributed by atoms with Crippen molar-refractivity contribution < 1.29 is 14.6 Å². The molecule has 1 atom stereocenters. The number of carbonyl (C=O) groups excluding carboxylic acids is 1. The van der Waals surface area contributed by atoms with E-state index >= 15 is 0 Å². The lowest BCUT2D eigenvalue weighted by Gasteiger charge is -2.09. The normalized spacial score (nSPS) is 12.4. The molecule has 0 aromatic heterocycles. The molecule has 96 valence electrons. The third-order valence-electron chi connectivity index (χ3n) is 2.57. The summed E-state index contributed by atoms with van der Waals surface area (Å²) in [5.74, 6) is -0.185. The van der Waals surface area contributed by atoms with E-state index in [1.807, 2.05) is 0 Å². The van der Waals surface area contributed by atoms with Gasteiger partial charge in [-0.25, -0.2) is 0 Å². The Kier molecular flexibility index (Phi) is 10.5. The second-order valence-corrected chi connectivity index (χ2v) is 4.35. The van der Waals surface area contributed by atoms with Crippen molar-refractivity contribution in [2.45, 2.75) is 71.3 Å². The van der Waals surface area contributed by atoms with Crippen molar-refractivity contribution in [1.82, 2.24) is 0 Å². The Bertz CT molecular complexity index is 169. The van der Waals surface area contributed by atoms with Crippen molar-refractivity contribution in [3.8, 4) is 0 Å². The molecule has 0 heterocycles. The Balaban J connectivity index is 3.21. The van der Waals surface area contributed by atoms with Crippen LogP contribution in [-0.2, 0) is 9.53 Å². The summed E-state index contributed by atoms with van der Waals surface area (Å²) >= 11 is 0. The summed E-state index contributed by atoms with van der Waals surface area (Å²) in [7, 11) is 0. The topological polar surface area (TPSA) is 46.5 Å². The van der Waals surface area contributed by atoms with Gasteiger partial charge in [0.2, 0.25) is 0 Å². The van der Waals surface area contributed by atoms with Crippen LogP contribution in [-0.4, -0.2) is 23.8 Å². The molecule has 0 rings (SSSR count). The van der Waals surface area contributed by atoms with Gasteiger partial charge in [0.15, 0.2) is 0 Å². The van der Waals surface area contributed by atoms with Gasteiger partial charge in [-0.15, -0.1) is 0 Å². The fourth-order valence-corrected chi connectivity index (χ4v) is 1.55.